The van der Waals surface area contributed by atoms with Crippen LogP contribution in [0, 0.1) is 0 Å². The third kappa shape index (κ3) is 7.56. The zero-order valence-corrected chi connectivity index (χ0v) is 14.4. The van der Waals surface area contributed by atoms with Crippen LogP contribution in [0.25, 0.3) is 0 Å². The maximum atomic E-state index is 11.6. The van der Waals surface area contributed by atoms with Gasteiger partial charge >= 0.3 is 5.97 Å². The monoisotopic (exact) mass is 308 g/mol. The molecule has 0 spiro atoms. The SMILES string of the molecule is CCCCCC(C)(CCC(=O)OCC)Sc1ccccc1. The number of ether oxygens (including phenoxy) is 1. The summed E-state index contributed by atoms with van der Waals surface area (Å²) in [4.78, 5) is 12.9. The first-order valence-corrected chi connectivity index (χ1v) is 8.81. The fourth-order valence-corrected chi connectivity index (χ4v) is 3.66. The molecule has 0 aliphatic carbocycles. The molecule has 0 aliphatic rings. The van der Waals surface area contributed by atoms with E-state index in [4.69, 9.17) is 4.74 Å². The number of thioether (sulfide) groups is 1. The lowest BCUT2D eigenvalue weighted by molar-refractivity contribution is -0.143. The van der Waals surface area contributed by atoms with E-state index < -0.39 is 0 Å². The molecule has 2 nitrogen and oxygen atoms in total. The molecule has 0 heterocycles. The number of rotatable bonds is 10. The highest BCUT2D eigenvalue weighted by Gasteiger charge is 2.26. The Bertz CT molecular complexity index is 405. The van der Waals surface area contributed by atoms with Crippen molar-refractivity contribution in [3.63, 3.8) is 0 Å². The van der Waals surface area contributed by atoms with E-state index in [-0.39, 0.29) is 10.7 Å². The lowest BCUT2D eigenvalue weighted by Gasteiger charge is -2.29. The Hall–Kier alpha value is -0.960. The van der Waals surface area contributed by atoms with Gasteiger partial charge in [-0.2, -0.15) is 0 Å². The summed E-state index contributed by atoms with van der Waals surface area (Å²) in [5, 5.41) is 0. The van der Waals surface area contributed by atoms with Crippen LogP contribution < -0.4 is 0 Å². The molecular formula is C18H28O2S. The normalized spacial score (nSPS) is 13.7. The molecule has 0 N–H and O–H groups in total. The highest BCUT2D eigenvalue weighted by Crippen LogP contribution is 2.40. The summed E-state index contributed by atoms with van der Waals surface area (Å²) >= 11 is 1.89. The van der Waals surface area contributed by atoms with Gasteiger partial charge in [0.05, 0.1) is 6.61 Å². The minimum atomic E-state index is -0.0760. The molecule has 0 bridgehead atoms. The van der Waals surface area contributed by atoms with Gasteiger partial charge < -0.3 is 4.74 Å². The van der Waals surface area contributed by atoms with Crippen molar-refractivity contribution in [3.8, 4) is 0 Å². The van der Waals surface area contributed by atoms with E-state index in [0.29, 0.717) is 13.0 Å². The topological polar surface area (TPSA) is 26.3 Å². The quantitative estimate of drug-likeness (QED) is 0.326. The van der Waals surface area contributed by atoms with Crippen LogP contribution in [0.15, 0.2) is 35.2 Å². The van der Waals surface area contributed by atoms with Gasteiger partial charge in [0, 0.05) is 16.1 Å². The van der Waals surface area contributed by atoms with Gasteiger partial charge in [-0.1, -0.05) is 51.3 Å². The van der Waals surface area contributed by atoms with Crippen molar-refractivity contribution in [3.05, 3.63) is 30.3 Å². The molecule has 3 heteroatoms. The number of hydrogen-bond acceptors (Lipinski definition) is 3. The van der Waals surface area contributed by atoms with Crippen LogP contribution in [-0.2, 0) is 9.53 Å². The summed E-state index contributed by atoms with van der Waals surface area (Å²) in [6.07, 6.45) is 6.22. The van der Waals surface area contributed by atoms with E-state index in [9.17, 15) is 4.79 Å². The van der Waals surface area contributed by atoms with E-state index in [1.54, 1.807) is 0 Å². The fourth-order valence-electron chi connectivity index (χ4n) is 2.35. The minimum absolute atomic E-state index is 0.0760. The first-order valence-electron chi connectivity index (χ1n) is 7.99. The Morgan fingerprint density at radius 1 is 1.14 bits per heavy atom. The first-order chi connectivity index (χ1) is 10.1. The smallest absolute Gasteiger partial charge is 0.305 e. The van der Waals surface area contributed by atoms with E-state index >= 15 is 0 Å². The van der Waals surface area contributed by atoms with Gasteiger partial charge in [-0.25, -0.2) is 0 Å². The maximum absolute atomic E-state index is 11.6. The molecular weight excluding hydrogens is 280 g/mol. The molecule has 1 unspecified atom stereocenters. The molecule has 0 radical (unpaired) electrons. The molecule has 1 aromatic carbocycles. The molecule has 1 atom stereocenters. The Kier molecular flexibility index (Phi) is 8.51. The largest absolute Gasteiger partial charge is 0.466 e. The zero-order chi connectivity index (χ0) is 15.6. The van der Waals surface area contributed by atoms with E-state index in [0.717, 1.165) is 12.8 Å². The Balaban J connectivity index is 2.62. The number of unbranched alkanes of at least 4 members (excludes halogenated alkanes) is 2. The zero-order valence-electron chi connectivity index (χ0n) is 13.6. The van der Waals surface area contributed by atoms with Crippen molar-refractivity contribution in [2.75, 3.05) is 6.61 Å². The fraction of sp³-hybridized carbons (Fsp3) is 0.611. The third-order valence-corrected chi connectivity index (χ3v) is 4.99. The first kappa shape index (κ1) is 18.1. The Morgan fingerprint density at radius 3 is 2.48 bits per heavy atom. The predicted octanol–water partition coefficient (Wildman–Crippen LogP) is 5.46. The second kappa shape index (κ2) is 9.88. The molecule has 0 aromatic heterocycles. The van der Waals surface area contributed by atoms with Gasteiger partial charge in [-0.3, -0.25) is 4.79 Å². The average Bonchev–Trinajstić information content (AvgIpc) is 2.47. The molecule has 0 fully saturated rings. The maximum Gasteiger partial charge on any atom is 0.305 e. The number of carbonyl (C=O) groups is 1. The highest BCUT2D eigenvalue weighted by molar-refractivity contribution is 8.00. The molecule has 1 aromatic rings. The van der Waals surface area contributed by atoms with Crippen molar-refractivity contribution in [1.82, 2.24) is 0 Å². The summed E-state index contributed by atoms with van der Waals surface area (Å²) in [6.45, 7) is 6.83. The predicted molar refractivity (Wildman–Crippen MR) is 90.7 cm³/mol. The second-order valence-corrected chi connectivity index (χ2v) is 7.29. The van der Waals surface area contributed by atoms with Crippen molar-refractivity contribution >= 4 is 17.7 Å². The summed E-state index contributed by atoms with van der Waals surface area (Å²) in [5.74, 6) is -0.0760. The van der Waals surface area contributed by atoms with Crippen LogP contribution in [0.5, 0.6) is 0 Å². The van der Waals surface area contributed by atoms with Gasteiger partial charge in [0.25, 0.3) is 0 Å². The van der Waals surface area contributed by atoms with Crippen LogP contribution in [0.1, 0.15) is 59.3 Å². The third-order valence-electron chi connectivity index (χ3n) is 3.58. The van der Waals surface area contributed by atoms with Gasteiger partial charge in [0.15, 0.2) is 0 Å². The summed E-state index contributed by atoms with van der Waals surface area (Å²) in [7, 11) is 0. The highest BCUT2D eigenvalue weighted by atomic mass is 32.2. The van der Waals surface area contributed by atoms with E-state index in [1.807, 2.05) is 24.8 Å². The standard InChI is InChI=1S/C18H28O2S/c1-4-6-10-14-18(3,15-13-17(19)20-5-2)21-16-11-8-7-9-12-16/h7-9,11-12H,4-6,10,13-15H2,1-3H3. The van der Waals surface area contributed by atoms with Gasteiger partial charge in [0.2, 0.25) is 0 Å². The van der Waals surface area contributed by atoms with Gasteiger partial charge in [-0.05, 0) is 31.9 Å². The molecule has 0 aliphatic heterocycles. The molecule has 118 valence electrons. The van der Waals surface area contributed by atoms with Gasteiger partial charge in [-0.15, -0.1) is 11.8 Å². The molecule has 21 heavy (non-hydrogen) atoms. The Labute approximate surface area is 133 Å². The van der Waals surface area contributed by atoms with Crippen molar-refractivity contribution < 1.29 is 9.53 Å². The lowest BCUT2D eigenvalue weighted by Crippen LogP contribution is -2.22. The van der Waals surface area contributed by atoms with Crippen LogP contribution in [0.2, 0.25) is 0 Å². The molecule has 0 saturated heterocycles. The number of hydrogen-bond donors (Lipinski definition) is 0. The summed E-state index contributed by atoms with van der Waals surface area (Å²) in [6, 6.07) is 10.5. The van der Waals surface area contributed by atoms with Crippen LogP contribution in [-0.4, -0.2) is 17.3 Å². The van der Waals surface area contributed by atoms with E-state index in [1.165, 1.54) is 24.2 Å². The van der Waals surface area contributed by atoms with Crippen LogP contribution in [0.4, 0.5) is 0 Å². The number of benzene rings is 1. The van der Waals surface area contributed by atoms with Crippen molar-refractivity contribution in [2.45, 2.75) is 68.9 Å². The molecule has 0 saturated carbocycles. The minimum Gasteiger partial charge on any atom is -0.466 e. The second-order valence-electron chi connectivity index (χ2n) is 5.63. The van der Waals surface area contributed by atoms with E-state index in [2.05, 4.69) is 38.1 Å². The summed E-state index contributed by atoms with van der Waals surface area (Å²) < 4.78 is 5.17. The van der Waals surface area contributed by atoms with Crippen LogP contribution >= 0.6 is 11.8 Å². The summed E-state index contributed by atoms with van der Waals surface area (Å²) in [5.41, 5.74) is 0. The number of esters is 1. The molecule has 1 rings (SSSR count). The average molecular weight is 308 g/mol. The molecule has 0 amide bonds. The Morgan fingerprint density at radius 2 is 1.86 bits per heavy atom. The van der Waals surface area contributed by atoms with Crippen molar-refractivity contribution in [1.29, 1.82) is 0 Å². The number of carbonyl (C=O) groups excluding carboxylic acids is 1. The van der Waals surface area contributed by atoms with Gasteiger partial charge in [0.1, 0.15) is 0 Å². The van der Waals surface area contributed by atoms with Crippen molar-refractivity contribution in [2.24, 2.45) is 0 Å². The van der Waals surface area contributed by atoms with Crippen LogP contribution in [0.3, 0.4) is 0 Å². The lowest BCUT2D eigenvalue weighted by atomic mass is 9.97.